The highest BCUT2D eigenvalue weighted by molar-refractivity contribution is 5.84. The summed E-state index contributed by atoms with van der Waals surface area (Å²) >= 11 is 0. The summed E-state index contributed by atoms with van der Waals surface area (Å²) in [4.78, 5) is 23.9. The smallest absolute Gasteiger partial charge is 0.407 e. The van der Waals surface area contributed by atoms with E-state index >= 15 is 0 Å². The molecule has 1 heterocycles. The molecule has 1 rings (SSSR count). The Balaban J connectivity index is 2.48. The van der Waals surface area contributed by atoms with E-state index in [0.717, 1.165) is 0 Å². The first kappa shape index (κ1) is 14.1. The molecule has 1 aromatic rings. The SMILES string of the molecule is CC(C)(C)N(CCC(=O)Nn1cccc1)C(=O)O. The minimum absolute atomic E-state index is 0.127. The van der Waals surface area contributed by atoms with E-state index in [2.05, 4.69) is 5.43 Å². The Labute approximate surface area is 106 Å². The molecule has 0 atom stereocenters. The Hall–Kier alpha value is -1.98. The van der Waals surface area contributed by atoms with Crippen LogP contribution in [-0.2, 0) is 4.79 Å². The number of carbonyl (C=O) groups is 2. The van der Waals surface area contributed by atoms with Gasteiger partial charge in [0.2, 0.25) is 5.91 Å². The molecule has 0 aromatic carbocycles. The van der Waals surface area contributed by atoms with Crippen molar-refractivity contribution in [3.63, 3.8) is 0 Å². The van der Waals surface area contributed by atoms with Crippen LogP contribution in [0.1, 0.15) is 27.2 Å². The summed E-state index contributed by atoms with van der Waals surface area (Å²) in [5.41, 5.74) is 2.11. The van der Waals surface area contributed by atoms with Gasteiger partial charge in [-0.05, 0) is 32.9 Å². The molecule has 6 nitrogen and oxygen atoms in total. The Morgan fingerprint density at radius 1 is 1.28 bits per heavy atom. The number of aromatic nitrogens is 1. The number of amides is 2. The van der Waals surface area contributed by atoms with Crippen molar-refractivity contribution < 1.29 is 14.7 Å². The second-order valence-electron chi connectivity index (χ2n) is 4.98. The largest absolute Gasteiger partial charge is 0.465 e. The van der Waals surface area contributed by atoms with E-state index in [9.17, 15) is 9.59 Å². The van der Waals surface area contributed by atoms with Gasteiger partial charge in [0.15, 0.2) is 0 Å². The maximum atomic E-state index is 11.6. The first-order chi connectivity index (χ1) is 8.30. The second-order valence-corrected chi connectivity index (χ2v) is 4.98. The molecule has 0 bridgehead atoms. The van der Waals surface area contributed by atoms with Crippen LogP contribution in [0, 0.1) is 0 Å². The van der Waals surface area contributed by atoms with Gasteiger partial charge in [-0.25, -0.2) is 4.79 Å². The van der Waals surface area contributed by atoms with Crippen LogP contribution in [-0.4, -0.2) is 38.8 Å². The fourth-order valence-electron chi connectivity index (χ4n) is 1.54. The average Bonchev–Trinajstić information content (AvgIpc) is 2.67. The van der Waals surface area contributed by atoms with Gasteiger partial charge in [-0.3, -0.25) is 14.9 Å². The van der Waals surface area contributed by atoms with Crippen LogP contribution in [0.25, 0.3) is 0 Å². The molecular weight excluding hydrogens is 234 g/mol. The van der Waals surface area contributed by atoms with Crippen molar-refractivity contribution in [2.24, 2.45) is 0 Å². The summed E-state index contributed by atoms with van der Waals surface area (Å²) < 4.78 is 1.53. The summed E-state index contributed by atoms with van der Waals surface area (Å²) in [5.74, 6) is -0.221. The van der Waals surface area contributed by atoms with Crippen LogP contribution in [0.3, 0.4) is 0 Å². The molecule has 0 saturated heterocycles. The molecule has 2 N–H and O–H groups in total. The standard InChI is InChI=1S/C12H19N3O3/c1-12(2,3)15(11(17)18)9-6-10(16)13-14-7-4-5-8-14/h4-5,7-8H,6,9H2,1-3H3,(H,13,16)(H,17,18). The first-order valence-corrected chi connectivity index (χ1v) is 5.74. The number of carbonyl (C=O) groups excluding carboxylic acids is 1. The summed E-state index contributed by atoms with van der Waals surface area (Å²) in [6, 6.07) is 3.58. The van der Waals surface area contributed by atoms with Gasteiger partial charge in [-0.1, -0.05) is 0 Å². The van der Waals surface area contributed by atoms with Crippen molar-refractivity contribution in [3.8, 4) is 0 Å². The molecule has 2 amide bonds. The molecule has 0 aliphatic rings. The highest BCUT2D eigenvalue weighted by Crippen LogP contribution is 2.13. The minimum atomic E-state index is -1.02. The monoisotopic (exact) mass is 253 g/mol. The molecule has 0 aliphatic heterocycles. The minimum Gasteiger partial charge on any atom is -0.465 e. The summed E-state index contributed by atoms with van der Waals surface area (Å²) in [6.07, 6.45) is 2.52. The van der Waals surface area contributed by atoms with E-state index in [1.165, 1.54) is 9.58 Å². The third-order valence-corrected chi connectivity index (χ3v) is 2.46. The van der Waals surface area contributed by atoms with Crippen molar-refractivity contribution in [2.75, 3.05) is 12.0 Å². The van der Waals surface area contributed by atoms with Crippen LogP contribution >= 0.6 is 0 Å². The second kappa shape index (κ2) is 5.57. The number of nitrogens with one attached hydrogen (secondary N) is 1. The molecule has 6 heteroatoms. The van der Waals surface area contributed by atoms with E-state index < -0.39 is 11.6 Å². The zero-order valence-corrected chi connectivity index (χ0v) is 10.9. The third-order valence-electron chi connectivity index (χ3n) is 2.46. The van der Waals surface area contributed by atoms with Crippen molar-refractivity contribution in [1.29, 1.82) is 0 Å². The lowest BCUT2D eigenvalue weighted by Gasteiger charge is -2.32. The predicted octanol–water partition coefficient (Wildman–Crippen LogP) is 1.73. The average molecular weight is 253 g/mol. The Morgan fingerprint density at radius 3 is 2.28 bits per heavy atom. The zero-order chi connectivity index (χ0) is 13.8. The number of rotatable bonds is 4. The van der Waals surface area contributed by atoms with E-state index in [4.69, 9.17) is 5.11 Å². The Morgan fingerprint density at radius 2 is 1.83 bits per heavy atom. The molecule has 0 aliphatic carbocycles. The topological polar surface area (TPSA) is 74.6 Å². The first-order valence-electron chi connectivity index (χ1n) is 5.74. The molecule has 0 saturated carbocycles. The van der Waals surface area contributed by atoms with Gasteiger partial charge in [-0.15, -0.1) is 0 Å². The predicted molar refractivity (Wildman–Crippen MR) is 67.9 cm³/mol. The molecule has 0 spiro atoms. The van der Waals surface area contributed by atoms with Crippen LogP contribution < -0.4 is 5.43 Å². The van der Waals surface area contributed by atoms with Gasteiger partial charge in [0.25, 0.3) is 0 Å². The summed E-state index contributed by atoms with van der Waals surface area (Å²) in [7, 11) is 0. The van der Waals surface area contributed by atoms with Crippen molar-refractivity contribution >= 4 is 12.0 Å². The van der Waals surface area contributed by atoms with Crippen LogP contribution in [0.2, 0.25) is 0 Å². The fourth-order valence-corrected chi connectivity index (χ4v) is 1.54. The van der Waals surface area contributed by atoms with Crippen molar-refractivity contribution in [1.82, 2.24) is 9.58 Å². The van der Waals surface area contributed by atoms with E-state index in [1.807, 2.05) is 0 Å². The van der Waals surface area contributed by atoms with Crippen molar-refractivity contribution in [3.05, 3.63) is 24.5 Å². The quantitative estimate of drug-likeness (QED) is 0.858. The number of nitrogens with zero attached hydrogens (tertiary/aromatic N) is 2. The van der Waals surface area contributed by atoms with Crippen LogP contribution in [0.5, 0.6) is 0 Å². The lowest BCUT2D eigenvalue weighted by Crippen LogP contribution is -2.46. The van der Waals surface area contributed by atoms with E-state index in [-0.39, 0.29) is 18.9 Å². The van der Waals surface area contributed by atoms with Gasteiger partial charge < -0.3 is 10.0 Å². The highest BCUT2D eigenvalue weighted by Gasteiger charge is 2.26. The maximum Gasteiger partial charge on any atom is 0.407 e. The maximum absolute atomic E-state index is 11.6. The molecule has 1 aromatic heterocycles. The molecule has 0 radical (unpaired) electrons. The molecular formula is C12H19N3O3. The van der Waals surface area contributed by atoms with Crippen LogP contribution in [0.4, 0.5) is 4.79 Å². The lowest BCUT2D eigenvalue weighted by molar-refractivity contribution is -0.117. The molecule has 0 unspecified atom stereocenters. The number of hydrogen-bond acceptors (Lipinski definition) is 2. The third kappa shape index (κ3) is 4.12. The number of carboxylic acid groups (broad SMARTS) is 1. The van der Waals surface area contributed by atoms with Crippen LogP contribution in [0.15, 0.2) is 24.5 Å². The zero-order valence-electron chi connectivity index (χ0n) is 10.9. The fraction of sp³-hybridized carbons (Fsp3) is 0.500. The van der Waals surface area contributed by atoms with Gasteiger partial charge in [0.1, 0.15) is 0 Å². The summed E-state index contributed by atoms with van der Waals surface area (Å²) in [6.45, 7) is 5.56. The Bertz CT molecular complexity index is 407. The number of hydrogen-bond donors (Lipinski definition) is 2. The molecule has 100 valence electrons. The molecule has 0 fully saturated rings. The van der Waals surface area contributed by atoms with Gasteiger partial charge in [-0.2, -0.15) is 0 Å². The van der Waals surface area contributed by atoms with Gasteiger partial charge in [0.05, 0.1) is 0 Å². The van der Waals surface area contributed by atoms with Crippen molar-refractivity contribution in [2.45, 2.75) is 32.7 Å². The van der Waals surface area contributed by atoms with E-state index in [1.54, 1.807) is 45.3 Å². The Kier molecular flexibility index (Phi) is 4.36. The van der Waals surface area contributed by atoms with E-state index in [0.29, 0.717) is 0 Å². The lowest BCUT2D eigenvalue weighted by atomic mass is 10.1. The molecule has 18 heavy (non-hydrogen) atoms. The van der Waals surface area contributed by atoms with Gasteiger partial charge >= 0.3 is 6.09 Å². The van der Waals surface area contributed by atoms with Gasteiger partial charge in [0, 0.05) is 30.9 Å². The summed E-state index contributed by atoms with van der Waals surface area (Å²) in [5, 5.41) is 9.07. The highest BCUT2D eigenvalue weighted by atomic mass is 16.4. The normalized spacial score (nSPS) is 11.1.